The molecule has 100 valence electrons. The predicted octanol–water partition coefficient (Wildman–Crippen LogP) is 1.44. The van der Waals surface area contributed by atoms with Crippen LogP contribution in [0, 0.1) is 0 Å². The predicted molar refractivity (Wildman–Crippen MR) is 73.3 cm³/mol. The van der Waals surface area contributed by atoms with Gasteiger partial charge in [0.2, 0.25) is 11.8 Å². The Balaban J connectivity index is 2.48. The number of nitrogens with one attached hydrogen (secondary N) is 1. The van der Waals surface area contributed by atoms with Crippen LogP contribution in [-0.4, -0.2) is 29.9 Å². The van der Waals surface area contributed by atoms with Crippen LogP contribution in [0.15, 0.2) is 43.0 Å². The van der Waals surface area contributed by atoms with Gasteiger partial charge in [-0.25, -0.2) is 0 Å². The molecule has 1 saturated heterocycles. The fourth-order valence-corrected chi connectivity index (χ4v) is 2.55. The molecule has 1 heterocycles. The minimum absolute atomic E-state index is 0.148. The number of benzene rings is 1. The first-order valence-corrected chi connectivity index (χ1v) is 6.41. The van der Waals surface area contributed by atoms with Gasteiger partial charge in [-0.15, -0.1) is 6.58 Å². The summed E-state index contributed by atoms with van der Waals surface area (Å²) >= 11 is 0. The van der Waals surface area contributed by atoms with Crippen molar-refractivity contribution in [3.05, 3.63) is 48.6 Å². The Morgan fingerprint density at radius 2 is 2.05 bits per heavy atom. The summed E-state index contributed by atoms with van der Waals surface area (Å²) in [5.41, 5.74) is -0.364. The van der Waals surface area contributed by atoms with Gasteiger partial charge < -0.3 is 10.2 Å². The Morgan fingerprint density at radius 1 is 1.37 bits per heavy atom. The smallest absolute Gasteiger partial charge is 0.244 e. The van der Waals surface area contributed by atoms with Gasteiger partial charge in [-0.3, -0.25) is 9.59 Å². The molecule has 1 fully saturated rings. The molecule has 0 aliphatic carbocycles. The zero-order valence-electron chi connectivity index (χ0n) is 11.1. The molecule has 1 atom stereocenters. The highest BCUT2D eigenvalue weighted by atomic mass is 16.2. The molecule has 0 aromatic heterocycles. The van der Waals surface area contributed by atoms with Gasteiger partial charge in [-0.1, -0.05) is 43.3 Å². The van der Waals surface area contributed by atoms with Gasteiger partial charge in [0.05, 0.1) is 6.67 Å². The quantitative estimate of drug-likeness (QED) is 0.656. The maximum Gasteiger partial charge on any atom is 0.244 e. The van der Waals surface area contributed by atoms with E-state index in [1.807, 2.05) is 37.3 Å². The van der Waals surface area contributed by atoms with E-state index in [1.54, 1.807) is 11.0 Å². The van der Waals surface area contributed by atoms with Crippen molar-refractivity contribution in [1.82, 2.24) is 10.2 Å². The molecule has 0 bridgehead atoms. The van der Waals surface area contributed by atoms with E-state index in [9.17, 15) is 9.59 Å². The minimum Gasteiger partial charge on any atom is -0.337 e. The molecular weight excluding hydrogens is 240 g/mol. The summed E-state index contributed by atoms with van der Waals surface area (Å²) in [6.07, 6.45) is 2.11. The van der Waals surface area contributed by atoms with Crippen LogP contribution in [0.5, 0.6) is 0 Å². The monoisotopic (exact) mass is 258 g/mol. The largest absolute Gasteiger partial charge is 0.337 e. The zero-order chi connectivity index (χ0) is 13.9. The third kappa shape index (κ3) is 2.03. The van der Waals surface area contributed by atoms with E-state index in [0.29, 0.717) is 13.0 Å². The lowest BCUT2D eigenvalue weighted by molar-refractivity contribution is -0.150. The topological polar surface area (TPSA) is 49.4 Å². The Morgan fingerprint density at radius 3 is 2.63 bits per heavy atom. The average Bonchev–Trinajstić information content (AvgIpc) is 2.44. The summed E-state index contributed by atoms with van der Waals surface area (Å²) in [5, 5.41) is 2.81. The first kappa shape index (κ1) is 13.3. The van der Waals surface area contributed by atoms with Crippen molar-refractivity contribution in [2.45, 2.75) is 18.8 Å². The van der Waals surface area contributed by atoms with Crippen molar-refractivity contribution >= 4 is 11.8 Å². The standard InChI is InChI=1S/C15H18N2O2/c1-3-10-17-11-16-13(18)15(4-2,14(17)19)12-8-6-5-7-9-12/h3,5-9H,1,4,10-11H2,2H3,(H,16,18). The third-order valence-electron chi connectivity index (χ3n) is 3.62. The van der Waals surface area contributed by atoms with Gasteiger partial charge >= 0.3 is 0 Å². The van der Waals surface area contributed by atoms with Crippen molar-refractivity contribution in [2.24, 2.45) is 0 Å². The molecular formula is C15H18N2O2. The first-order chi connectivity index (χ1) is 9.16. The fraction of sp³-hybridized carbons (Fsp3) is 0.333. The lowest BCUT2D eigenvalue weighted by Gasteiger charge is -2.40. The van der Waals surface area contributed by atoms with E-state index >= 15 is 0 Å². The van der Waals surface area contributed by atoms with E-state index < -0.39 is 5.41 Å². The van der Waals surface area contributed by atoms with Gasteiger partial charge in [0.15, 0.2) is 5.41 Å². The van der Waals surface area contributed by atoms with Crippen LogP contribution >= 0.6 is 0 Å². The van der Waals surface area contributed by atoms with Crippen LogP contribution in [0.3, 0.4) is 0 Å². The van der Waals surface area contributed by atoms with Crippen LogP contribution in [0.1, 0.15) is 18.9 Å². The fourth-order valence-electron chi connectivity index (χ4n) is 2.55. The first-order valence-electron chi connectivity index (χ1n) is 6.41. The van der Waals surface area contributed by atoms with Crippen LogP contribution in [0.4, 0.5) is 0 Å². The van der Waals surface area contributed by atoms with Crippen LogP contribution in [0.25, 0.3) is 0 Å². The van der Waals surface area contributed by atoms with E-state index in [1.165, 1.54) is 0 Å². The van der Waals surface area contributed by atoms with Crippen molar-refractivity contribution in [2.75, 3.05) is 13.2 Å². The van der Waals surface area contributed by atoms with E-state index in [2.05, 4.69) is 11.9 Å². The Bertz CT molecular complexity index is 498. The molecule has 4 heteroatoms. The number of carbonyl (C=O) groups is 2. The molecule has 1 N–H and O–H groups in total. The van der Waals surface area contributed by atoms with Crippen molar-refractivity contribution in [3.63, 3.8) is 0 Å². The molecule has 0 saturated carbocycles. The molecule has 2 rings (SSSR count). The Kier molecular flexibility index (Phi) is 3.69. The average molecular weight is 258 g/mol. The summed E-state index contributed by atoms with van der Waals surface area (Å²) in [6.45, 7) is 6.20. The summed E-state index contributed by atoms with van der Waals surface area (Å²) in [6, 6.07) is 9.23. The van der Waals surface area contributed by atoms with E-state index in [-0.39, 0.29) is 18.5 Å². The molecule has 0 spiro atoms. The summed E-state index contributed by atoms with van der Waals surface area (Å²) in [7, 11) is 0. The molecule has 1 aliphatic heterocycles. The van der Waals surface area contributed by atoms with Crippen molar-refractivity contribution < 1.29 is 9.59 Å². The molecule has 4 nitrogen and oxygen atoms in total. The summed E-state index contributed by atoms with van der Waals surface area (Å²) < 4.78 is 0. The highest BCUT2D eigenvalue weighted by Gasteiger charge is 2.50. The van der Waals surface area contributed by atoms with Gasteiger partial charge in [-0.2, -0.15) is 0 Å². The number of amides is 2. The van der Waals surface area contributed by atoms with Gasteiger partial charge in [0.1, 0.15) is 0 Å². The summed E-state index contributed by atoms with van der Waals surface area (Å²) in [5.74, 6) is -0.364. The number of rotatable bonds is 4. The number of hydrogen-bond donors (Lipinski definition) is 1. The number of carbonyl (C=O) groups excluding carboxylic acids is 2. The third-order valence-corrected chi connectivity index (χ3v) is 3.62. The molecule has 2 amide bonds. The Hall–Kier alpha value is -2.10. The number of nitrogens with zero attached hydrogens (tertiary/aromatic N) is 1. The SMILES string of the molecule is C=CCN1CNC(=O)C(CC)(c2ccccc2)C1=O. The van der Waals surface area contributed by atoms with Crippen LogP contribution in [0.2, 0.25) is 0 Å². The second-order valence-corrected chi connectivity index (χ2v) is 4.61. The molecule has 0 radical (unpaired) electrons. The summed E-state index contributed by atoms with van der Waals surface area (Å²) in [4.78, 5) is 26.6. The maximum atomic E-state index is 12.7. The lowest BCUT2D eigenvalue weighted by Crippen LogP contribution is -2.63. The maximum absolute atomic E-state index is 12.7. The minimum atomic E-state index is -1.11. The van der Waals surface area contributed by atoms with Crippen molar-refractivity contribution in [1.29, 1.82) is 0 Å². The van der Waals surface area contributed by atoms with Crippen molar-refractivity contribution in [3.8, 4) is 0 Å². The molecule has 1 aliphatic rings. The second kappa shape index (κ2) is 5.26. The molecule has 19 heavy (non-hydrogen) atoms. The second-order valence-electron chi connectivity index (χ2n) is 4.61. The zero-order valence-corrected chi connectivity index (χ0v) is 11.1. The molecule has 1 unspecified atom stereocenters. The molecule has 1 aromatic carbocycles. The normalized spacial score (nSPS) is 23.1. The van der Waals surface area contributed by atoms with Crippen LogP contribution < -0.4 is 5.32 Å². The highest BCUT2D eigenvalue weighted by molar-refractivity contribution is 6.12. The Labute approximate surface area is 113 Å². The van der Waals surface area contributed by atoms with Gasteiger partial charge in [0.25, 0.3) is 0 Å². The van der Waals surface area contributed by atoms with E-state index in [4.69, 9.17) is 0 Å². The van der Waals surface area contributed by atoms with Gasteiger partial charge in [0, 0.05) is 6.54 Å². The molecule has 1 aromatic rings. The highest BCUT2D eigenvalue weighted by Crippen LogP contribution is 2.32. The van der Waals surface area contributed by atoms with Gasteiger partial charge in [-0.05, 0) is 12.0 Å². The van der Waals surface area contributed by atoms with E-state index in [0.717, 1.165) is 5.56 Å². The lowest BCUT2D eigenvalue weighted by atomic mass is 9.75. The van der Waals surface area contributed by atoms with Crippen LogP contribution in [-0.2, 0) is 15.0 Å². The number of hydrogen-bond acceptors (Lipinski definition) is 2.